The second kappa shape index (κ2) is 4.63. The van der Waals surface area contributed by atoms with E-state index in [1.165, 1.54) is 11.1 Å². The summed E-state index contributed by atoms with van der Waals surface area (Å²) in [5.41, 5.74) is 3.68. The lowest BCUT2D eigenvalue weighted by molar-refractivity contribution is 0.351. The summed E-state index contributed by atoms with van der Waals surface area (Å²) < 4.78 is 11.5. The average molecular weight is 268 g/mol. The van der Waals surface area contributed by atoms with Gasteiger partial charge in [0.25, 0.3) is 0 Å². The summed E-state index contributed by atoms with van der Waals surface area (Å²) in [6.07, 6.45) is 2.80. The predicted molar refractivity (Wildman–Crippen MR) is 72.1 cm³/mol. The zero-order valence-corrected chi connectivity index (χ0v) is 11.6. The first kappa shape index (κ1) is 12.1. The van der Waals surface area contributed by atoms with Crippen molar-refractivity contribution < 1.29 is 9.47 Å². The summed E-state index contributed by atoms with van der Waals surface area (Å²) in [6, 6.07) is 0.421. The Hall–Kier alpha value is -0.930. The Morgan fingerprint density at radius 3 is 2.56 bits per heavy atom. The maximum absolute atomic E-state index is 6.42. The van der Waals surface area contributed by atoms with Gasteiger partial charge in [-0.2, -0.15) is 0 Å². The van der Waals surface area contributed by atoms with Crippen LogP contribution < -0.4 is 14.8 Å². The molecule has 1 atom stereocenters. The summed E-state index contributed by atoms with van der Waals surface area (Å²) in [5, 5.41) is 4.05. The van der Waals surface area contributed by atoms with Gasteiger partial charge in [0, 0.05) is 35.6 Å². The molecule has 0 aromatic heterocycles. The molecule has 18 heavy (non-hydrogen) atoms. The van der Waals surface area contributed by atoms with Crippen molar-refractivity contribution >= 4 is 11.6 Å². The first-order valence-corrected chi connectivity index (χ1v) is 6.89. The third kappa shape index (κ3) is 1.77. The summed E-state index contributed by atoms with van der Waals surface area (Å²) in [5.74, 6) is 1.92. The van der Waals surface area contributed by atoms with Crippen LogP contribution in [0.5, 0.6) is 11.5 Å². The molecule has 0 spiro atoms. The molecule has 1 aromatic carbocycles. The van der Waals surface area contributed by atoms with Crippen LogP contribution in [0.2, 0.25) is 5.02 Å². The quantitative estimate of drug-likeness (QED) is 0.912. The van der Waals surface area contributed by atoms with Crippen molar-refractivity contribution in [2.24, 2.45) is 0 Å². The molecule has 0 bridgehead atoms. The van der Waals surface area contributed by atoms with E-state index < -0.39 is 0 Å². The Labute approximate surface area is 112 Å². The van der Waals surface area contributed by atoms with Gasteiger partial charge < -0.3 is 14.8 Å². The molecule has 2 aliphatic rings. The van der Waals surface area contributed by atoms with Crippen LogP contribution in [0, 0.1) is 0 Å². The van der Waals surface area contributed by atoms with Gasteiger partial charge in [-0.3, -0.25) is 0 Å². The Morgan fingerprint density at radius 2 is 1.83 bits per heavy atom. The first-order chi connectivity index (χ1) is 8.72. The van der Waals surface area contributed by atoms with E-state index in [2.05, 4.69) is 12.2 Å². The number of hydrogen-bond donors (Lipinski definition) is 1. The molecule has 0 saturated heterocycles. The van der Waals surface area contributed by atoms with Crippen molar-refractivity contribution in [3.8, 4) is 11.5 Å². The largest absolute Gasteiger partial charge is 0.493 e. The van der Waals surface area contributed by atoms with E-state index in [-0.39, 0.29) is 0 Å². The van der Waals surface area contributed by atoms with E-state index in [1.807, 2.05) is 7.05 Å². The molecular formula is C14H18ClNO2. The Kier molecular flexibility index (Phi) is 3.12. The van der Waals surface area contributed by atoms with Crippen LogP contribution >= 0.6 is 11.6 Å². The zero-order chi connectivity index (χ0) is 12.7. The van der Waals surface area contributed by atoms with Gasteiger partial charge in [0.05, 0.1) is 18.2 Å². The van der Waals surface area contributed by atoms with E-state index in [0.29, 0.717) is 6.04 Å². The zero-order valence-electron chi connectivity index (χ0n) is 10.8. The minimum absolute atomic E-state index is 0.421. The normalized spacial score (nSPS) is 17.9. The number of likely N-dealkylation sites (N-methyl/N-ethyl adjacent to an activating group) is 1. The van der Waals surface area contributed by atoms with E-state index in [4.69, 9.17) is 21.1 Å². The van der Waals surface area contributed by atoms with Crippen LogP contribution in [0.25, 0.3) is 0 Å². The second-order valence-corrected chi connectivity index (χ2v) is 5.38. The van der Waals surface area contributed by atoms with Crippen molar-refractivity contribution in [1.82, 2.24) is 5.32 Å². The second-order valence-electron chi connectivity index (χ2n) is 5.00. The lowest BCUT2D eigenvalue weighted by Crippen LogP contribution is -2.24. The molecule has 4 heteroatoms. The molecular weight excluding hydrogens is 250 g/mol. The van der Waals surface area contributed by atoms with Crippen LogP contribution in [0.4, 0.5) is 0 Å². The maximum Gasteiger partial charge on any atom is 0.142 e. The molecule has 0 aliphatic carbocycles. The van der Waals surface area contributed by atoms with Gasteiger partial charge in [-0.1, -0.05) is 11.6 Å². The van der Waals surface area contributed by atoms with Crippen LogP contribution in [0.3, 0.4) is 0 Å². The number of rotatable bonds is 3. The highest BCUT2D eigenvalue weighted by Gasteiger charge is 2.30. The molecule has 0 saturated carbocycles. The van der Waals surface area contributed by atoms with Crippen LogP contribution in [-0.2, 0) is 19.3 Å². The molecule has 1 aromatic rings. The lowest BCUT2D eigenvalue weighted by Gasteiger charge is -2.17. The maximum atomic E-state index is 6.42. The monoisotopic (exact) mass is 267 g/mol. The van der Waals surface area contributed by atoms with Crippen LogP contribution in [0.15, 0.2) is 0 Å². The van der Waals surface area contributed by atoms with Crippen LogP contribution in [-0.4, -0.2) is 26.3 Å². The van der Waals surface area contributed by atoms with Gasteiger partial charge in [0.1, 0.15) is 11.5 Å². The molecule has 2 aliphatic heterocycles. The Morgan fingerprint density at radius 1 is 1.17 bits per heavy atom. The van der Waals surface area contributed by atoms with E-state index in [9.17, 15) is 0 Å². The van der Waals surface area contributed by atoms with Crippen LogP contribution in [0.1, 0.15) is 23.6 Å². The summed E-state index contributed by atoms with van der Waals surface area (Å²) >= 11 is 6.42. The van der Waals surface area contributed by atoms with E-state index in [0.717, 1.165) is 54.6 Å². The first-order valence-electron chi connectivity index (χ1n) is 6.51. The van der Waals surface area contributed by atoms with Gasteiger partial charge in [-0.25, -0.2) is 0 Å². The third-order valence-electron chi connectivity index (χ3n) is 3.85. The fourth-order valence-corrected chi connectivity index (χ4v) is 3.12. The lowest BCUT2D eigenvalue weighted by atomic mass is 9.95. The van der Waals surface area contributed by atoms with E-state index >= 15 is 0 Å². The van der Waals surface area contributed by atoms with E-state index in [1.54, 1.807) is 0 Å². The van der Waals surface area contributed by atoms with Gasteiger partial charge in [0.2, 0.25) is 0 Å². The van der Waals surface area contributed by atoms with Crippen molar-refractivity contribution in [2.75, 3.05) is 20.3 Å². The minimum atomic E-state index is 0.421. The molecule has 0 fully saturated rings. The molecule has 3 rings (SSSR count). The highest BCUT2D eigenvalue weighted by molar-refractivity contribution is 6.33. The van der Waals surface area contributed by atoms with Gasteiger partial charge in [-0.05, 0) is 20.4 Å². The van der Waals surface area contributed by atoms with Crippen molar-refractivity contribution in [2.45, 2.75) is 32.2 Å². The number of benzene rings is 1. The van der Waals surface area contributed by atoms with Gasteiger partial charge in [-0.15, -0.1) is 0 Å². The number of halogens is 1. The molecule has 98 valence electrons. The molecule has 0 radical (unpaired) electrons. The summed E-state index contributed by atoms with van der Waals surface area (Å²) in [7, 11) is 1.98. The standard InChI is InChI=1S/C14H18ClNO2/c1-8(16-2)7-11-9-3-5-18-14(9)12(15)10-4-6-17-13(10)11/h8,16H,3-7H2,1-2H3. The summed E-state index contributed by atoms with van der Waals surface area (Å²) in [6.45, 7) is 3.65. The predicted octanol–water partition coefficient (Wildman–Crippen LogP) is 2.36. The highest BCUT2D eigenvalue weighted by Crippen LogP contribution is 2.47. The van der Waals surface area contributed by atoms with Crippen molar-refractivity contribution in [3.63, 3.8) is 0 Å². The summed E-state index contributed by atoms with van der Waals surface area (Å²) in [4.78, 5) is 0. The Balaban J connectivity index is 2.12. The number of hydrogen-bond acceptors (Lipinski definition) is 3. The third-order valence-corrected chi connectivity index (χ3v) is 4.25. The molecule has 1 unspecified atom stereocenters. The fraction of sp³-hybridized carbons (Fsp3) is 0.571. The number of nitrogens with one attached hydrogen (secondary N) is 1. The highest BCUT2D eigenvalue weighted by atomic mass is 35.5. The molecule has 3 nitrogen and oxygen atoms in total. The van der Waals surface area contributed by atoms with Crippen molar-refractivity contribution in [3.05, 3.63) is 21.7 Å². The molecule has 1 N–H and O–H groups in total. The average Bonchev–Trinajstić information content (AvgIpc) is 3.02. The van der Waals surface area contributed by atoms with Crippen molar-refractivity contribution in [1.29, 1.82) is 0 Å². The molecule has 2 heterocycles. The number of fused-ring (bicyclic) bond motifs is 2. The topological polar surface area (TPSA) is 30.5 Å². The molecule has 0 amide bonds. The minimum Gasteiger partial charge on any atom is -0.493 e. The van der Waals surface area contributed by atoms with Gasteiger partial charge in [0.15, 0.2) is 0 Å². The Bertz CT molecular complexity index is 452. The smallest absolute Gasteiger partial charge is 0.142 e. The SMILES string of the molecule is CNC(C)Cc1c2c(c(Cl)c3c1OCC3)OCC2. The fourth-order valence-electron chi connectivity index (χ4n) is 2.77. The number of ether oxygens (including phenoxy) is 2. The van der Waals surface area contributed by atoms with Gasteiger partial charge >= 0.3 is 0 Å².